The summed E-state index contributed by atoms with van der Waals surface area (Å²) in [6.07, 6.45) is 50.5. The Morgan fingerprint density at radius 3 is 1.57 bits per heavy atom. The maximum Gasteiger partial charge on any atom is 0.472 e. The molecule has 0 saturated carbocycles. The van der Waals surface area contributed by atoms with Crippen molar-refractivity contribution in [1.82, 2.24) is 5.32 Å². The van der Waals surface area contributed by atoms with Crippen molar-refractivity contribution >= 4 is 13.7 Å². The summed E-state index contributed by atoms with van der Waals surface area (Å²) in [5.41, 5.74) is 5.37. The van der Waals surface area contributed by atoms with Gasteiger partial charge in [-0.3, -0.25) is 13.8 Å². The van der Waals surface area contributed by atoms with Gasteiger partial charge in [-0.15, -0.1) is 0 Å². The Kier molecular flexibility index (Phi) is 42.3. The normalized spacial score (nSPS) is 14.9. The van der Waals surface area contributed by atoms with Gasteiger partial charge in [0.2, 0.25) is 5.91 Å². The molecule has 0 aliphatic heterocycles. The number of unbranched alkanes of at least 4 members (excludes halogenated alkanes) is 25. The Bertz CT molecular complexity index is 1070. The Hall–Kier alpha value is -1.58. The molecule has 4 unspecified atom stereocenters. The second-order valence-corrected chi connectivity index (χ2v) is 17.6. The minimum absolute atomic E-state index is 0.0426. The van der Waals surface area contributed by atoms with Crippen molar-refractivity contribution in [2.75, 3.05) is 19.8 Å². The largest absolute Gasteiger partial charge is 0.472 e. The topological polar surface area (TPSA) is 151 Å². The fourth-order valence-electron chi connectivity index (χ4n) is 6.83. The lowest BCUT2D eigenvalue weighted by Gasteiger charge is -2.24. The highest BCUT2D eigenvalue weighted by molar-refractivity contribution is 7.47. The Labute approximate surface area is 356 Å². The summed E-state index contributed by atoms with van der Waals surface area (Å²) in [6, 6.07) is -1.00. The molecule has 0 rings (SSSR count). The zero-order valence-electron chi connectivity index (χ0n) is 37.4. The van der Waals surface area contributed by atoms with Gasteiger partial charge in [0.25, 0.3) is 0 Å². The molecule has 4 atom stereocenters. The second kappa shape index (κ2) is 43.5. The molecule has 0 heterocycles. The van der Waals surface area contributed by atoms with E-state index in [1.807, 2.05) is 6.08 Å². The number of rotatable bonds is 44. The molecular weight excluding hydrogens is 748 g/mol. The SMILES string of the molecule is CCCCC/C=C\C=C/CCCCCCCCCCC(O)CC(=O)NC(COP(=O)(O)OCCN)C(O)/C=C/CC/C=C/CCCCCCCCCCCCCCC. The van der Waals surface area contributed by atoms with Crippen LogP contribution in [0.5, 0.6) is 0 Å². The van der Waals surface area contributed by atoms with E-state index in [9.17, 15) is 24.5 Å². The number of carbonyl (C=O) groups is 1. The van der Waals surface area contributed by atoms with E-state index in [0.717, 1.165) is 38.5 Å². The molecule has 0 saturated heterocycles. The van der Waals surface area contributed by atoms with E-state index in [2.05, 4.69) is 55.6 Å². The number of aliphatic hydroxyl groups is 2. The maximum atomic E-state index is 12.8. The molecule has 10 heteroatoms. The molecule has 0 aromatic heterocycles. The summed E-state index contributed by atoms with van der Waals surface area (Å²) >= 11 is 0. The molecule has 0 fully saturated rings. The van der Waals surface area contributed by atoms with E-state index in [1.54, 1.807) is 6.08 Å². The van der Waals surface area contributed by atoms with Gasteiger partial charge in [0.1, 0.15) is 0 Å². The fourth-order valence-corrected chi connectivity index (χ4v) is 7.59. The fraction of sp³-hybridized carbons (Fsp3) is 0.812. The van der Waals surface area contributed by atoms with Gasteiger partial charge in [-0.05, 0) is 57.8 Å². The number of hydrogen-bond donors (Lipinski definition) is 5. The van der Waals surface area contributed by atoms with E-state index in [-0.39, 0.29) is 19.6 Å². The predicted molar refractivity (Wildman–Crippen MR) is 246 cm³/mol. The average Bonchev–Trinajstić information content (AvgIpc) is 3.20. The number of nitrogens with two attached hydrogens (primary N) is 1. The lowest BCUT2D eigenvalue weighted by Crippen LogP contribution is -2.46. The van der Waals surface area contributed by atoms with E-state index >= 15 is 0 Å². The third-order valence-corrected chi connectivity index (χ3v) is 11.4. The lowest BCUT2D eigenvalue weighted by molar-refractivity contribution is -0.124. The van der Waals surface area contributed by atoms with Crippen LogP contribution in [0.15, 0.2) is 48.6 Å². The van der Waals surface area contributed by atoms with E-state index in [1.165, 1.54) is 141 Å². The molecule has 340 valence electrons. The lowest BCUT2D eigenvalue weighted by atomic mass is 10.0. The first-order valence-electron chi connectivity index (χ1n) is 23.9. The first-order chi connectivity index (χ1) is 28.3. The number of phosphoric acid groups is 1. The minimum Gasteiger partial charge on any atom is -0.393 e. The Morgan fingerprint density at radius 2 is 1.03 bits per heavy atom. The highest BCUT2D eigenvalue weighted by Crippen LogP contribution is 2.43. The smallest absolute Gasteiger partial charge is 0.393 e. The van der Waals surface area contributed by atoms with Crippen molar-refractivity contribution in [3.8, 4) is 0 Å². The van der Waals surface area contributed by atoms with Crippen molar-refractivity contribution in [3.05, 3.63) is 48.6 Å². The molecule has 0 bridgehead atoms. The van der Waals surface area contributed by atoms with Gasteiger partial charge in [-0.25, -0.2) is 4.57 Å². The molecule has 0 spiro atoms. The number of nitrogens with one attached hydrogen (secondary N) is 1. The predicted octanol–water partition coefficient (Wildman–Crippen LogP) is 12.6. The summed E-state index contributed by atoms with van der Waals surface area (Å²) in [6.45, 7) is 3.93. The van der Waals surface area contributed by atoms with Gasteiger partial charge < -0.3 is 26.2 Å². The van der Waals surface area contributed by atoms with E-state index in [0.29, 0.717) is 12.8 Å². The zero-order chi connectivity index (χ0) is 42.6. The minimum atomic E-state index is -4.41. The van der Waals surface area contributed by atoms with Crippen LogP contribution in [0.3, 0.4) is 0 Å². The summed E-state index contributed by atoms with van der Waals surface area (Å²) < 4.78 is 22.1. The number of amides is 1. The van der Waals surface area contributed by atoms with Crippen molar-refractivity contribution in [2.45, 2.75) is 231 Å². The maximum absolute atomic E-state index is 12.8. The summed E-state index contributed by atoms with van der Waals surface area (Å²) in [5.74, 6) is -0.460. The molecule has 0 aliphatic carbocycles. The molecule has 1 amide bonds. The van der Waals surface area contributed by atoms with Gasteiger partial charge in [0.05, 0.1) is 37.9 Å². The highest BCUT2D eigenvalue weighted by atomic mass is 31.2. The van der Waals surface area contributed by atoms with Crippen LogP contribution in [-0.4, -0.2) is 59.0 Å². The van der Waals surface area contributed by atoms with E-state index < -0.39 is 38.6 Å². The standard InChI is InChI=1S/C48H91N2O7P/c1-3-5-7-9-11-13-15-17-19-21-22-24-26-28-30-32-34-36-38-40-47(52)46(44-57-58(54,55)56-42-41-49)50-48(53)43-45(51)39-37-35-33-31-29-27-25-23-20-18-16-14-12-10-8-6-4-2/h12,14,16,18,30,32,38,40,45-47,51-52H,3-11,13,15,17,19-29,31,33-37,39,41-44,49H2,1-2H3,(H,50,53)(H,54,55)/b14-12-,18-16-,32-30+,40-38+. The van der Waals surface area contributed by atoms with Gasteiger partial charge >= 0.3 is 7.82 Å². The Balaban J connectivity index is 4.32. The number of phosphoric ester groups is 1. The first kappa shape index (κ1) is 56.4. The molecule has 0 aromatic carbocycles. The quantitative estimate of drug-likeness (QED) is 0.0176. The van der Waals surface area contributed by atoms with Gasteiger partial charge in [-0.2, -0.15) is 0 Å². The number of aliphatic hydroxyl groups excluding tert-OH is 2. The third-order valence-electron chi connectivity index (χ3n) is 10.5. The van der Waals surface area contributed by atoms with Crippen molar-refractivity contribution < 1.29 is 33.5 Å². The average molecular weight is 839 g/mol. The number of carbonyl (C=O) groups excluding carboxylic acids is 1. The van der Waals surface area contributed by atoms with Crippen LogP contribution in [0.1, 0.15) is 213 Å². The van der Waals surface area contributed by atoms with Crippen molar-refractivity contribution in [3.63, 3.8) is 0 Å². The van der Waals surface area contributed by atoms with Crippen molar-refractivity contribution in [1.29, 1.82) is 0 Å². The molecule has 58 heavy (non-hydrogen) atoms. The molecule has 6 N–H and O–H groups in total. The Morgan fingerprint density at radius 1 is 0.603 bits per heavy atom. The van der Waals surface area contributed by atoms with Crippen LogP contribution >= 0.6 is 7.82 Å². The zero-order valence-corrected chi connectivity index (χ0v) is 38.3. The van der Waals surface area contributed by atoms with Gasteiger partial charge in [0, 0.05) is 6.54 Å². The molecular formula is C48H91N2O7P. The first-order valence-corrected chi connectivity index (χ1v) is 25.4. The third kappa shape index (κ3) is 41.2. The molecule has 9 nitrogen and oxygen atoms in total. The highest BCUT2D eigenvalue weighted by Gasteiger charge is 2.27. The second-order valence-electron chi connectivity index (χ2n) is 16.2. The monoisotopic (exact) mass is 839 g/mol. The molecule has 0 aliphatic rings. The van der Waals surface area contributed by atoms with Crippen LogP contribution in [0.2, 0.25) is 0 Å². The summed E-state index contributed by atoms with van der Waals surface area (Å²) in [5, 5.41) is 24.1. The summed E-state index contributed by atoms with van der Waals surface area (Å²) in [7, 11) is -4.41. The van der Waals surface area contributed by atoms with Gasteiger partial charge in [-0.1, -0.05) is 197 Å². The molecule has 0 radical (unpaired) electrons. The molecule has 0 aromatic rings. The van der Waals surface area contributed by atoms with E-state index in [4.69, 9.17) is 14.8 Å². The van der Waals surface area contributed by atoms with Crippen LogP contribution < -0.4 is 11.1 Å². The van der Waals surface area contributed by atoms with Crippen LogP contribution in [0, 0.1) is 0 Å². The number of allylic oxidation sites excluding steroid dienone is 7. The number of hydrogen-bond acceptors (Lipinski definition) is 7. The van der Waals surface area contributed by atoms with Gasteiger partial charge in [0.15, 0.2) is 0 Å². The van der Waals surface area contributed by atoms with Crippen LogP contribution in [0.4, 0.5) is 0 Å². The summed E-state index contributed by atoms with van der Waals surface area (Å²) in [4.78, 5) is 22.8. The van der Waals surface area contributed by atoms with Crippen LogP contribution in [0.25, 0.3) is 0 Å². The van der Waals surface area contributed by atoms with Crippen LogP contribution in [-0.2, 0) is 18.4 Å². The van der Waals surface area contributed by atoms with Crippen molar-refractivity contribution in [2.24, 2.45) is 5.73 Å².